The Bertz CT molecular complexity index is 591. The molecule has 0 saturated heterocycles. The fourth-order valence-electron chi connectivity index (χ4n) is 1.86. The van der Waals surface area contributed by atoms with E-state index in [1.165, 1.54) is 12.1 Å². The first-order valence-corrected chi connectivity index (χ1v) is 6.10. The third-order valence-corrected chi connectivity index (χ3v) is 3.08. The Kier molecular flexibility index (Phi) is 2.67. The van der Waals surface area contributed by atoms with Gasteiger partial charge in [-0.2, -0.15) is 0 Å². The van der Waals surface area contributed by atoms with Crippen molar-refractivity contribution in [2.24, 2.45) is 0 Å². The van der Waals surface area contributed by atoms with Gasteiger partial charge in [0.15, 0.2) is 0 Å². The summed E-state index contributed by atoms with van der Waals surface area (Å²) in [6.45, 7) is 0. The van der Waals surface area contributed by atoms with E-state index in [9.17, 15) is 4.39 Å². The third-order valence-electron chi connectivity index (χ3n) is 2.86. The lowest BCUT2D eigenvalue weighted by atomic mass is 10.1. The predicted molar refractivity (Wildman–Crippen MR) is 68.8 cm³/mol. The van der Waals surface area contributed by atoms with Crippen molar-refractivity contribution >= 4 is 17.4 Å². The normalized spacial score (nSPS) is 14.8. The minimum absolute atomic E-state index is 0.343. The maximum atomic E-state index is 13.3. The van der Waals surface area contributed by atoms with Crippen molar-refractivity contribution in [3.63, 3.8) is 0 Å². The van der Waals surface area contributed by atoms with Crippen LogP contribution in [0.3, 0.4) is 0 Å². The number of nitrogens with zero attached hydrogens (tertiary/aromatic N) is 2. The molecule has 0 bridgehead atoms. The van der Waals surface area contributed by atoms with Crippen molar-refractivity contribution in [1.82, 2.24) is 9.97 Å². The molecule has 0 amide bonds. The van der Waals surface area contributed by atoms with Gasteiger partial charge in [0, 0.05) is 22.6 Å². The minimum atomic E-state index is -0.386. The summed E-state index contributed by atoms with van der Waals surface area (Å²) in [5.41, 5.74) is 7.00. The quantitative estimate of drug-likeness (QED) is 0.903. The van der Waals surface area contributed by atoms with Gasteiger partial charge in [-0.3, -0.25) is 0 Å². The Morgan fingerprint density at radius 1 is 1.17 bits per heavy atom. The molecule has 1 aromatic heterocycles. The first-order valence-electron chi connectivity index (χ1n) is 5.73. The number of nitrogen functional groups attached to an aromatic ring is 1. The van der Waals surface area contributed by atoms with Crippen LogP contribution in [0.15, 0.2) is 24.3 Å². The Hall–Kier alpha value is -1.68. The number of rotatable bonds is 2. The van der Waals surface area contributed by atoms with Crippen LogP contribution in [-0.2, 0) is 0 Å². The molecule has 1 fully saturated rings. The number of anilines is 1. The summed E-state index contributed by atoms with van der Waals surface area (Å²) in [4.78, 5) is 8.64. The molecule has 2 aromatic rings. The van der Waals surface area contributed by atoms with Crippen molar-refractivity contribution in [2.75, 3.05) is 5.73 Å². The molecular formula is C13H11ClFN3. The minimum Gasteiger partial charge on any atom is -0.384 e. The van der Waals surface area contributed by atoms with Crippen molar-refractivity contribution in [2.45, 2.75) is 18.8 Å². The van der Waals surface area contributed by atoms with Crippen LogP contribution < -0.4 is 5.73 Å². The van der Waals surface area contributed by atoms with Crippen LogP contribution in [0, 0.1) is 5.82 Å². The zero-order chi connectivity index (χ0) is 12.7. The van der Waals surface area contributed by atoms with Crippen molar-refractivity contribution in [3.8, 4) is 11.3 Å². The molecule has 18 heavy (non-hydrogen) atoms. The van der Waals surface area contributed by atoms with Gasteiger partial charge in [-0.25, -0.2) is 14.4 Å². The van der Waals surface area contributed by atoms with Crippen LogP contribution in [0.25, 0.3) is 11.3 Å². The second-order valence-corrected chi connectivity index (χ2v) is 4.91. The zero-order valence-corrected chi connectivity index (χ0v) is 10.3. The van der Waals surface area contributed by atoms with Crippen molar-refractivity contribution in [3.05, 3.63) is 40.9 Å². The van der Waals surface area contributed by atoms with Crippen molar-refractivity contribution < 1.29 is 4.39 Å². The molecule has 0 aliphatic heterocycles. The third kappa shape index (κ3) is 2.29. The number of halogens is 2. The standard InChI is InChI=1S/C13H11ClFN3/c14-9-3-8(4-10(15)5-9)11-6-12(16)18-13(17-11)7-1-2-7/h3-7H,1-2H2,(H2,16,17,18). The smallest absolute Gasteiger partial charge is 0.134 e. The van der Waals surface area contributed by atoms with E-state index < -0.39 is 0 Å². The van der Waals surface area contributed by atoms with E-state index in [0.717, 1.165) is 18.7 Å². The fraction of sp³-hybridized carbons (Fsp3) is 0.231. The van der Waals surface area contributed by atoms with E-state index in [0.29, 0.717) is 28.0 Å². The van der Waals surface area contributed by atoms with Gasteiger partial charge >= 0.3 is 0 Å². The molecule has 0 radical (unpaired) electrons. The van der Waals surface area contributed by atoms with Gasteiger partial charge in [0.2, 0.25) is 0 Å². The number of aromatic nitrogens is 2. The Morgan fingerprint density at radius 2 is 1.94 bits per heavy atom. The van der Waals surface area contributed by atoms with Crippen LogP contribution in [0.5, 0.6) is 0 Å². The summed E-state index contributed by atoms with van der Waals surface area (Å²) in [6.07, 6.45) is 2.18. The summed E-state index contributed by atoms with van der Waals surface area (Å²) < 4.78 is 13.3. The molecule has 1 aromatic carbocycles. The molecule has 1 aliphatic rings. The van der Waals surface area contributed by atoms with E-state index in [1.54, 1.807) is 12.1 Å². The van der Waals surface area contributed by atoms with Crippen LogP contribution in [0.2, 0.25) is 5.02 Å². The molecule has 2 N–H and O–H groups in total. The van der Waals surface area contributed by atoms with Crippen LogP contribution in [0.1, 0.15) is 24.6 Å². The molecule has 92 valence electrons. The summed E-state index contributed by atoms with van der Waals surface area (Å²) in [6, 6.07) is 5.96. The molecule has 3 nitrogen and oxygen atoms in total. The molecule has 3 rings (SSSR count). The van der Waals surface area contributed by atoms with E-state index in [4.69, 9.17) is 17.3 Å². The Morgan fingerprint density at radius 3 is 2.61 bits per heavy atom. The van der Waals surface area contributed by atoms with Gasteiger partial charge in [-0.1, -0.05) is 11.6 Å². The molecule has 5 heteroatoms. The molecule has 0 atom stereocenters. The molecule has 0 unspecified atom stereocenters. The lowest BCUT2D eigenvalue weighted by molar-refractivity contribution is 0.628. The first kappa shape index (κ1) is 11.4. The predicted octanol–water partition coefficient (Wildman–Crippen LogP) is 3.40. The van der Waals surface area contributed by atoms with E-state index in [2.05, 4.69) is 9.97 Å². The van der Waals surface area contributed by atoms with E-state index in [-0.39, 0.29) is 5.82 Å². The van der Waals surface area contributed by atoms with Gasteiger partial charge in [0.1, 0.15) is 17.5 Å². The summed E-state index contributed by atoms with van der Waals surface area (Å²) in [5.74, 6) is 1.16. The second-order valence-electron chi connectivity index (χ2n) is 4.47. The molecular weight excluding hydrogens is 253 g/mol. The average molecular weight is 264 g/mol. The SMILES string of the molecule is Nc1cc(-c2cc(F)cc(Cl)c2)nc(C2CC2)n1. The molecule has 0 spiro atoms. The van der Waals surface area contributed by atoms with E-state index >= 15 is 0 Å². The van der Waals surface area contributed by atoms with Gasteiger partial charge in [0.05, 0.1) is 5.69 Å². The highest BCUT2D eigenvalue weighted by Crippen LogP contribution is 2.39. The zero-order valence-electron chi connectivity index (χ0n) is 9.53. The first-order chi connectivity index (χ1) is 8.61. The number of nitrogens with two attached hydrogens (primary N) is 1. The largest absolute Gasteiger partial charge is 0.384 e. The number of hydrogen-bond acceptors (Lipinski definition) is 3. The number of benzene rings is 1. The second kappa shape index (κ2) is 4.21. The highest BCUT2D eigenvalue weighted by molar-refractivity contribution is 6.30. The van der Waals surface area contributed by atoms with Crippen LogP contribution >= 0.6 is 11.6 Å². The van der Waals surface area contributed by atoms with Gasteiger partial charge in [-0.05, 0) is 31.0 Å². The number of hydrogen-bond donors (Lipinski definition) is 1. The van der Waals surface area contributed by atoms with Crippen LogP contribution in [0.4, 0.5) is 10.2 Å². The lowest BCUT2D eigenvalue weighted by Gasteiger charge is -2.06. The summed E-state index contributed by atoms with van der Waals surface area (Å²) in [7, 11) is 0. The molecule has 1 heterocycles. The highest BCUT2D eigenvalue weighted by Gasteiger charge is 2.27. The van der Waals surface area contributed by atoms with Gasteiger partial charge < -0.3 is 5.73 Å². The maximum absolute atomic E-state index is 13.3. The molecule has 1 saturated carbocycles. The summed E-state index contributed by atoms with van der Waals surface area (Å²) in [5, 5.41) is 0.343. The monoisotopic (exact) mass is 263 g/mol. The van der Waals surface area contributed by atoms with Gasteiger partial charge in [0.25, 0.3) is 0 Å². The topological polar surface area (TPSA) is 51.8 Å². The molecule has 1 aliphatic carbocycles. The average Bonchev–Trinajstić information content (AvgIpc) is 3.10. The summed E-state index contributed by atoms with van der Waals surface area (Å²) >= 11 is 5.84. The Labute approximate surface area is 109 Å². The lowest BCUT2D eigenvalue weighted by Crippen LogP contribution is -2.00. The maximum Gasteiger partial charge on any atom is 0.134 e. The van der Waals surface area contributed by atoms with Gasteiger partial charge in [-0.15, -0.1) is 0 Å². The van der Waals surface area contributed by atoms with Crippen LogP contribution in [-0.4, -0.2) is 9.97 Å². The highest BCUT2D eigenvalue weighted by atomic mass is 35.5. The van der Waals surface area contributed by atoms with Crippen molar-refractivity contribution in [1.29, 1.82) is 0 Å². The fourth-order valence-corrected chi connectivity index (χ4v) is 2.08. The van der Waals surface area contributed by atoms with E-state index in [1.807, 2.05) is 0 Å². The Balaban J connectivity index is 2.09.